The minimum Gasteiger partial charge on any atom is -0.455 e. The summed E-state index contributed by atoms with van der Waals surface area (Å²) in [6, 6.07) is 131. The van der Waals surface area contributed by atoms with E-state index in [4.69, 9.17) is 70.6 Å². The van der Waals surface area contributed by atoms with Gasteiger partial charge in [-0.1, -0.05) is 199 Å². The van der Waals surface area contributed by atoms with E-state index in [1.54, 1.807) is 45.8 Å². The first-order valence-corrected chi connectivity index (χ1v) is 53.1. The fraction of sp³-hybridized carbons (Fsp3) is 0. The highest BCUT2D eigenvalue weighted by Gasteiger charge is 2.42. The summed E-state index contributed by atoms with van der Waals surface area (Å²) in [5.74, 6) is 6.29. The Bertz CT molecular complexity index is 10700. The van der Waals surface area contributed by atoms with Crippen molar-refractivity contribution in [2.45, 2.75) is 29.4 Å². The number of oxazole rings is 4. The summed E-state index contributed by atoms with van der Waals surface area (Å²) in [5.41, 5.74) is 28.5. The summed E-state index contributed by atoms with van der Waals surface area (Å²) in [7, 11) is 0. The van der Waals surface area contributed by atoms with Gasteiger partial charge in [0.2, 0.25) is 23.6 Å². The third-order valence-electron chi connectivity index (χ3n) is 28.3. The summed E-state index contributed by atoms with van der Waals surface area (Å²) in [5, 5.41) is 11.1. The van der Waals surface area contributed by atoms with E-state index in [2.05, 4.69) is 251 Å². The van der Waals surface area contributed by atoms with Crippen LogP contribution in [0.1, 0.15) is 0 Å². The number of thiazole rings is 2. The van der Waals surface area contributed by atoms with E-state index in [9.17, 15) is 0 Å². The lowest BCUT2D eigenvalue weighted by Crippen LogP contribution is -2.20. The molecule has 18 nitrogen and oxygen atoms in total. The van der Waals surface area contributed by atoms with Gasteiger partial charge < -0.3 is 50.5 Å². The van der Waals surface area contributed by atoms with Gasteiger partial charge in [0.1, 0.15) is 60.2 Å². The minimum atomic E-state index is 0.496. The molecule has 0 bridgehead atoms. The van der Waals surface area contributed by atoms with Gasteiger partial charge in [0.05, 0.1) is 64.9 Å². The molecule has 0 fully saturated rings. The number of hydrogen-bond donors (Lipinski definition) is 0. The molecule has 20 aromatic carbocycles. The number of benzene rings is 20. The van der Waals surface area contributed by atoms with Crippen LogP contribution in [0.4, 0.5) is 51.2 Å². The number of rotatable bonds is 7. The molecule has 694 valence electrons. The van der Waals surface area contributed by atoms with Crippen LogP contribution in [-0.2, 0) is 0 Å². The maximum atomic E-state index is 6.92. The van der Waals surface area contributed by atoms with Gasteiger partial charge in [-0.15, -0.1) is 34.0 Å². The Balaban J connectivity index is 0.0000000968. The van der Waals surface area contributed by atoms with Gasteiger partial charge >= 0.3 is 0 Å². The first kappa shape index (κ1) is 82.4. The molecule has 0 N–H and O–H groups in total. The predicted octanol–water partition coefficient (Wildman–Crippen LogP) is 38.0. The number of fused-ring (bicyclic) bond motifs is 31. The predicted molar refractivity (Wildman–Crippen MR) is 596 cm³/mol. The second kappa shape index (κ2) is 31.7. The Hall–Kier alpha value is -18.0. The van der Waals surface area contributed by atoms with Gasteiger partial charge in [-0.2, -0.15) is 0 Å². The van der Waals surface area contributed by atoms with Crippen LogP contribution >= 0.6 is 69.3 Å². The zero-order chi connectivity index (χ0) is 96.3. The maximum absolute atomic E-state index is 6.92. The highest BCUT2D eigenvalue weighted by Crippen LogP contribution is 2.68. The molecule has 35 rings (SSSR count). The number of ether oxygens (including phenoxy) is 3. The van der Waals surface area contributed by atoms with Gasteiger partial charge in [0, 0.05) is 111 Å². The van der Waals surface area contributed by atoms with Gasteiger partial charge in [0.15, 0.2) is 62.4 Å². The van der Waals surface area contributed by atoms with Crippen molar-refractivity contribution in [2.24, 2.45) is 0 Å². The van der Waals surface area contributed by atoms with E-state index in [1.807, 2.05) is 169 Å². The van der Waals surface area contributed by atoms with Crippen molar-refractivity contribution in [2.75, 3.05) is 14.7 Å². The lowest BCUT2D eigenvalue weighted by Gasteiger charge is -2.38. The Morgan fingerprint density at radius 1 is 0.203 bits per heavy atom. The summed E-state index contributed by atoms with van der Waals surface area (Å²) in [4.78, 5) is 43.1. The van der Waals surface area contributed by atoms with Gasteiger partial charge in [-0.05, 0) is 229 Å². The van der Waals surface area contributed by atoms with E-state index >= 15 is 0 Å². The number of anilines is 9. The quantitative estimate of drug-likeness (QED) is 0.146. The van der Waals surface area contributed by atoms with Gasteiger partial charge in [-0.3, -0.25) is 4.90 Å². The number of nitrogens with zero attached hydrogens (tertiary/aromatic N) is 9. The SMILES string of the molecule is c1ccc(-c2ccc3c(c2)oc2c4c(ccc23)N2c3ccc(-c5nc6ccccc6o5)cc3Sc3cc(-c5nc6ccccc6o5)cc(c32)O4)cc1.c1ccc2c(c1)ccc1c3cc4c(cc3oc21)N1c2ccc(-c3nc5ccccc5s3)cc2Sc2cc(-c3nc5ccccc5s3)cc(c21)S4.c1ccc2oc(-c3ccc4c(c3)Oc3cc(-c5nc6ccccc6o5)cc5c3N4c3ccc4c(sc6ccccc64)c3O5)nc2c1. The number of hydrogen-bond acceptors (Lipinski definition) is 24. The van der Waals surface area contributed by atoms with Crippen LogP contribution in [0.5, 0.6) is 34.5 Å². The topological polar surface area (TPSA) is 194 Å². The molecule has 0 saturated carbocycles. The molecule has 0 atom stereocenters. The molecule has 9 aromatic heterocycles. The van der Waals surface area contributed by atoms with Crippen molar-refractivity contribution in [3.63, 3.8) is 0 Å². The summed E-state index contributed by atoms with van der Waals surface area (Å²) in [6.07, 6.45) is 0. The molecule has 6 aliphatic rings. The molecule has 0 amide bonds. The van der Waals surface area contributed by atoms with Crippen molar-refractivity contribution < 1.29 is 40.7 Å². The lowest BCUT2D eigenvalue weighted by atomic mass is 10.0. The second-order valence-corrected chi connectivity index (χ2v) is 43.4. The van der Waals surface area contributed by atoms with E-state index in [1.165, 1.54) is 55.8 Å². The third kappa shape index (κ3) is 12.8. The van der Waals surface area contributed by atoms with E-state index in [-0.39, 0.29) is 0 Å². The number of para-hydroxylation sites is 10. The Kier molecular flexibility index (Phi) is 17.7. The molecule has 0 spiro atoms. The van der Waals surface area contributed by atoms with Crippen molar-refractivity contribution in [3.05, 3.63) is 382 Å². The molecule has 148 heavy (non-hydrogen) atoms. The average molecular weight is 2020 g/mol. The van der Waals surface area contributed by atoms with Gasteiger partial charge in [0.25, 0.3) is 0 Å². The maximum Gasteiger partial charge on any atom is 0.227 e. The molecule has 0 saturated heterocycles. The average Bonchev–Trinajstić information content (AvgIpc) is 1.50. The zero-order valence-corrected chi connectivity index (χ0v) is 81.9. The van der Waals surface area contributed by atoms with Crippen molar-refractivity contribution >= 4 is 260 Å². The number of thiophene rings is 1. The van der Waals surface area contributed by atoms with E-state index in [0.29, 0.717) is 57.9 Å². The first-order chi connectivity index (χ1) is 73.2. The lowest BCUT2D eigenvalue weighted by molar-refractivity contribution is 0.448. The van der Waals surface area contributed by atoms with Crippen LogP contribution in [0, 0.1) is 0 Å². The number of furan rings is 2. The van der Waals surface area contributed by atoms with Crippen LogP contribution < -0.4 is 28.9 Å². The Morgan fingerprint density at radius 2 is 0.635 bits per heavy atom. The molecule has 0 aliphatic carbocycles. The van der Waals surface area contributed by atoms with Crippen LogP contribution in [0.15, 0.2) is 438 Å². The van der Waals surface area contributed by atoms with Crippen LogP contribution in [0.3, 0.4) is 0 Å². The fourth-order valence-corrected chi connectivity index (χ4v) is 28.1. The Morgan fingerprint density at radius 3 is 1.28 bits per heavy atom. The molecule has 15 heterocycles. The minimum absolute atomic E-state index is 0.496. The molecular weight excluding hydrogens is 1950 g/mol. The van der Waals surface area contributed by atoms with Crippen molar-refractivity contribution in [3.8, 4) is 113 Å². The monoisotopic (exact) mass is 2010 g/mol. The molecule has 0 unspecified atom stereocenters. The highest BCUT2D eigenvalue weighted by molar-refractivity contribution is 8.01. The smallest absolute Gasteiger partial charge is 0.227 e. The van der Waals surface area contributed by atoms with Crippen molar-refractivity contribution in [1.82, 2.24) is 29.9 Å². The highest BCUT2D eigenvalue weighted by atomic mass is 32.2. The normalized spacial score (nSPS) is 13.2. The van der Waals surface area contributed by atoms with E-state index in [0.717, 1.165) is 219 Å². The fourth-order valence-electron chi connectivity index (χ4n) is 21.5. The molecule has 6 aliphatic heterocycles. The second-order valence-electron chi connectivity index (χ2n) is 37.0. The number of aromatic nitrogens is 6. The summed E-state index contributed by atoms with van der Waals surface area (Å²) >= 11 is 10.6. The standard InChI is InChI=1S/C44H23N3O4S.C42H21N3OS4.C38H19N3O4S/c1-2-8-24(9-3-1)25-14-16-28-29-17-19-33-42(41(29)48-36(28)20-25)49-37-21-27(44-46-31-11-5-7-13-35(31)51-44)23-39-40(37)47(33)32-18-15-26(22-38(32)52-39)43-45-30-10-4-6-12-34(30)50-43;1-2-8-25-22(7-1)13-15-26-27-20-36-31(21-32(27)46-40(25)26)45-30-16-14-23(41-43-28-9-3-5-11-33(28)49-41)17-35(30)47-37-18-24(19-38(48-36)39(37)45)42-44-29-10-4-6-12-34(29)50-42;1-6-12-33-22(7-1)23-14-16-27-35(36(23)46-33)43-32-19-21(38-40-25-9-3-5-11-29(25)45-38)18-31-34(32)41(27)26-15-13-20(17-30(26)42-31)37-39-24-8-2-4-10-28(24)44-37/h1-23H;1-21H;1-19H. The summed E-state index contributed by atoms with van der Waals surface area (Å²) < 4.78 is 63.3. The molecular formula is C124H63N9O9S6. The van der Waals surface area contributed by atoms with Crippen molar-refractivity contribution in [1.29, 1.82) is 0 Å². The largest absolute Gasteiger partial charge is 0.455 e. The van der Waals surface area contributed by atoms with Crippen LogP contribution in [0.25, 0.3) is 218 Å². The van der Waals surface area contributed by atoms with E-state index < -0.39 is 0 Å². The first-order valence-electron chi connectivity index (χ1n) is 48.2. The van der Waals surface area contributed by atoms with Crippen LogP contribution in [0.2, 0.25) is 0 Å². The third-order valence-corrected chi connectivity index (χ3v) is 34.9. The molecule has 0 radical (unpaired) electrons. The van der Waals surface area contributed by atoms with Crippen LogP contribution in [-0.4, -0.2) is 29.9 Å². The van der Waals surface area contributed by atoms with Gasteiger partial charge in [-0.25, -0.2) is 29.9 Å². The zero-order valence-electron chi connectivity index (χ0n) is 77.0. The molecule has 24 heteroatoms. The summed E-state index contributed by atoms with van der Waals surface area (Å²) in [6.45, 7) is 0. The molecule has 29 aromatic rings. The Labute approximate surface area is 862 Å².